The molecule has 0 saturated carbocycles. The molecule has 0 fully saturated rings. The molecule has 0 radical (unpaired) electrons. The maximum atomic E-state index is 13.1. The third-order valence-corrected chi connectivity index (χ3v) is 3.84. The first-order valence-corrected chi connectivity index (χ1v) is 8.39. The first kappa shape index (κ1) is 15.7. The van der Waals surface area contributed by atoms with Crippen LogP contribution in [0.1, 0.15) is 25.1 Å². The third-order valence-electron chi connectivity index (χ3n) is 2.50. The molecule has 0 aliphatic heterocycles. The SMILES string of the molecule is CCCc1nc(COc2ccc(F)cc2S(=O)(=O)Cl)no1. The molecule has 0 aliphatic carbocycles. The molecule has 1 heterocycles. The van der Waals surface area contributed by atoms with Gasteiger partial charge in [0.05, 0.1) is 0 Å². The van der Waals surface area contributed by atoms with Crippen molar-refractivity contribution in [2.45, 2.75) is 31.3 Å². The molecule has 9 heteroatoms. The van der Waals surface area contributed by atoms with Gasteiger partial charge in [-0.3, -0.25) is 0 Å². The van der Waals surface area contributed by atoms with Crippen LogP contribution in [0.3, 0.4) is 0 Å². The lowest BCUT2D eigenvalue weighted by molar-refractivity contribution is 0.278. The van der Waals surface area contributed by atoms with Crippen molar-refractivity contribution in [1.82, 2.24) is 10.1 Å². The van der Waals surface area contributed by atoms with Crippen molar-refractivity contribution >= 4 is 19.7 Å². The number of rotatable bonds is 6. The first-order valence-electron chi connectivity index (χ1n) is 6.08. The van der Waals surface area contributed by atoms with Crippen molar-refractivity contribution in [2.75, 3.05) is 0 Å². The van der Waals surface area contributed by atoms with E-state index >= 15 is 0 Å². The molecule has 0 atom stereocenters. The van der Waals surface area contributed by atoms with E-state index in [4.69, 9.17) is 19.9 Å². The second-order valence-corrected chi connectivity index (χ2v) is 6.71. The molecule has 114 valence electrons. The van der Waals surface area contributed by atoms with E-state index < -0.39 is 19.8 Å². The molecule has 0 bridgehead atoms. The van der Waals surface area contributed by atoms with Crippen LogP contribution in [-0.2, 0) is 22.1 Å². The fourth-order valence-electron chi connectivity index (χ4n) is 1.60. The van der Waals surface area contributed by atoms with E-state index in [1.165, 1.54) is 6.07 Å². The van der Waals surface area contributed by atoms with Gasteiger partial charge in [0.2, 0.25) is 11.7 Å². The summed E-state index contributed by atoms with van der Waals surface area (Å²) in [5, 5.41) is 3.69. The Hall–Kier alpha value is -1.67. The molecule has 6 nitrogen and oxygen atoms in total. The van der Waals surface area contributed by atoms with Crippen LogP contribution in [0.2, 0.25) is 0 Å². The summed E-state index contributed by atoms with van der Waals surface area (Å²) >= 11 is 0. The third kappa shape index (κ3) is 4.15. The molecule has 0 spiro atoms. The zero-order chi connectivity index (χ0) is 15.5. The van der Waals surface area contributed by atoms with Gasteiger partial charge in [-0.05, 0) is 24.6 Å². The summed E-state index contributed by atoms with van der Waals surface area (Å²) in [6.07, 6.45) is 1.50. The van der Waals surface area contributed by atoms with Crippen LogP contribution in [0.4, 0.5) is 4.39 Å². The zero-order valence-corrected chi connectivity index (χ0v) is 12.6. The fraction of sp³-hybridized carbons (Fsp3) is 0.333. The average molecular weight is 335 g/mol. The smallest absolute Gasteiger partial charge is 0.265 e. The average Bonchev–Trinajstić information content (AvgIpc) is 2.84. The summed E-state index contributed by atoms with van der Waals surface area (Å²) < 4.78 is 46.1. The maximum absolute atomic E-state index is 13.1. The van der Waals surface area contributed by atoms with Crippen LogP contribution >= 0.6 is 10.7 Å². The van der Waals surface area contributed by atoms with Crippen LogP contribution in [-0.4, -0.2) is 18.6 Å². The van der Waals surface area contributed by atoms with Crippen LogP contribution in [0, 0.1) is 5.82 Å². The van der Waals surface area contributed by atoms with Gasteiger partial charge in [-0.25, -0.2) is 12.8 Å². The summed E-state index contributed by atoms with van der Waals surface area (Å²) in [6.45, 7) is 1.86. The summed E-state index contributed by atoms with van der Waals surface area (Å²) in [5.41, 5.74) is 0. The maximum Gasteiger partial charge on any atom is 0.265 e. The molecule has 0 aliphatic rings. The van der Waals surface area contributed by atoms with E-state index in [2.05, 4.69) is 10.1 Å². The van der Waals surface area contributed by atoms with Crippen molar-refractivity contribution < 1.29 is 22.1 Å². The number of hydrogen-bond acceptors (Lipinski definition) is 6. The molecule has 21 heavy (non-hydrogen) atoms. The Bertz CT molecular complexity index is 733. The summed E-state index contributed by atoms with van der Waals surface area (Å²) in [4.78, 5) is 3.62. The van der Waals surface area contributed by atoms with Gasteiger partial charge in [0.1, 0.15) is 16.5 Å². The van der Waals surface area contributed by atoms with Gasteiger partial charge in [0.25, 0.3) is 9.05 Å². The topological polar surface area (TPSA) is 82.3 Å². The van der Waals surface area contributed by atoms with Crippen LogP contribution in [0.5, 0.6) is 5.75 Å². The van der Waals surface area contributed by atoms with E-state index in [1.807, 2.05) is 6.92 Å². The molecule has 0 unspecified atom stereocenters. The van der Waals surface area contributed by atoms with Gasteiger partial charge in [0.15, 0.2) is 6.61 Å². The van der Waals surface area contributed by atoms with E-state index in [0.717, 1.165) is 18.6 Å². The number of halogens is 2. The van der Waals surface area contributed by atoms with Gasteiger partial charge in [-0.1, -0.05) is 12.1 Å². The Labute approximate surface area is 125 Å². The van der Waals surface area contributed by atoms with Gasteiger partial charge >= 0.3 is 0 Å². The number of nitrogens with zero attached hydrogens (tertiary/aromatic N) is 2. The summed E-state index contributed by atoms with van der Waals surface area (Å²) in [6, 6.07) is 3.04. The van der Waals surface area contributed by atoms with E-state index in [-0.39, 0.29) is 18.2 Å². The standard InChI is InChI=1S/C12H12ClFN2O4S/c1-2-3-12-15-11(16-20-12)7-19-9-5-4-8(14)6-10(9)21(13,17)18/h4-6H,2-3,7H2,1H3. The molecule has 0 saturated heterocycles. The number of aromatic nitrogens is 2. The van der Waals surface area contributed by atoms with Crippen molar-refractivity contribution in [3.05, 3.63) is 35.7 Å². The Morgan fingerprint density at radius 1 is 1.43 bits per heavy atom. The van der Waals surface area contributed by atoms with Crippen molar-refractivity contribution in [2.24, 2.45) is 0 Å². The lowest BCUT2D eigenvalue weighted by Gasteiger charge is -2.07. The minimum absolute atomic E-state index is 0.0757. The van der Waals surface area contributed by atoms with Crippen LogP contribution in [0.25, 0.3) is 0 Å². The predicted molar refractivity (Wildman–Crippen MR) is 72.1 cm³/mol. The molecule has 2 rings (SSSR count). The van der Waals surface area contributed by atoms with Gasteiger partial charge < -0.3 is 9.26 Å². The highest BCUT2D eigenvalue weighted by molar-refractivity contribution is 8.13. The van der Waals surface area contributed by atoms with Crippen LogP contribution < -0.4 is 4.74 Å². The minimum Gasteiger partial charge on any atom is -0.484 e. The zero-order valence-electron chi connectivity index (χ0n) is 11.0. The van der Waals surface area contributed by atoms with E-state index in [0.29, 0.717) is 12.3 Å². The second kappa shape index (κ2) is 6.40. The van der Waals surface area contributed by atoms with Crippen LogP contribution in [0.15, 0.2) is 27.6 Å². The number of aryl methyl sites for hydroxylation is 1. The fourth-order valence-corrected chi connectivity index (χ4v) is 2.58. The summed E-state index contributed by atoms with van der Waals surface area (Å²) in [7, 11) is 1.12. The minimum atomic E-state index is -4.12. The van der Waals surface area contributed by atoms with Gasteiger partial charge in [-0.2, -0.15) is 4.98 Å². The monoisotopic (exact) mass is 334 g/mol. The molecule has 1 aromatic carbocycles. The first-order chi connectivity index (χ1) is 9.90. The molecular weight excluding hydrogens is 323 g/mol. The lowest BCUT2D eigenvalue weighted by Crippen LogP contribution is -2.02. The molecule has 0 N–H and O–H groups in total. The van der Waals surface area contributed by atoms with E-state index in [1.54, 1.807) is 0 Å². The largest absolute Gasteiger partial charge is 0.484 e. The van der Waals surface area contributed by atoms with E-state index in [9.17, 15) is 12.8 Å². The molecule has 2 aromatic rings. The van der Waals surface area contributed by atoms with Crippen molar-refractivity contribution in [3.8, 4) is 5.75 Å². The Morgan fingerprint density at radius 3 is 2.86 bits per heavy atom. The molecular formula is C12H12ClFN2O4S. The normalized spacial score (nSPS) is 11.6. The highest BCUT2D eigenvalue weighted by Crippen LogP contribution is 2.28. The molecule has 0 amide bonds. The Balaban J connectivity index is 2.16. The number of benzene rings is 1. The Morgan fingerprint density at radius 2 is 2.19 bits per heavy atom. The highest BCUT2D eigenvalue weighted by atomic mass is 35.7. The number of hydrogen-bond donors (Lipinski definition) is 0. The highest BCUT2D eigenvalue weighted by Gasteiger charge is 2.18. The lowest BCUT2D eigenvalue weighted by atomic mass is 10.3. The van der Waals surface area contributed by atoms with Crippen molar-refractivity contribution in [3.63, 3.8) is 0 Å². The molecule has 1 aromatic heterocycles. The predicted octanol–water partition coefficient (Wildman–Crippen LogP) is 2.67. The Kier molecular flexibility index (Phi) is 4.79. The second-order valence-electron chi connectivity index (χ2n) is 4.17. The van der Waals surface area contributed by atoms with Gasteiger partial charge in [0, 0.05) is 17.1 Å². The van der Waals surface area contributed by atoms with Gasteiger partial charge in [-0.15, -0.1) is 0 Å². The summed E-state index contributed by atoms with van der Waals surface area (Å²) in [5.74, 6) is -0.0688. The van der Waals surface area contributed by atoms with Crippen molar-refractivity contribution in [1.29, 1.82) is 0 Å². The quantitative estimate of drug-likeness (QED) is 0.755. The number of ether oxygens (including phenoxy) is 1.